The minimum atomic E-state index is -0.412. The second-order valence-corrected chi connectivity index (χ2v) is 3.02. The molecule has 0 spiro atoms. The molecule has 0 amide bonds. The highest BCUT2D eigenvalue weighted by Gasteiger charge is 2.01. The zero-order chi connectivity index (χ0) is 11.5. The van der Waals surface area contributed by atoms with Crippen molar-refractivity contribution in [1.82, 2.24) is 9.97 Å². The molecule has 1 aromatic carbocycles. The summed E-state index contributed by atoms with van der Waals surface area (Å²) < 4.78 is 17.8. The van der Waals surface area contributed by atoms with E-state index in [1.807, 2.05) is 0 Å². The monoisotopic (exact) mass is 221 g/mol. The van der Waals surface area contributed by atoms with Gasteiger partial charge in [0, 0.05) is 0 Å². The van der Waals surface area contributed by atoms with Crippen molar-refractivity contribution in [1.29, 1.82) is 0 Å². The molecule has 0 aliphatic rings. The molecule has 82 valence electrons. The standard InChI is InChI=1S/C10H8FN3O2/c11-6-1-3-7(4-2-6)16-9-5-8(15)13-10(12)14-9/h1-5H,(H3,12,13,14,15). The molecule has 0 unspecified atom stereocenters. The molecule has 0 saturated heterocycles. The molecule has 2 aromatic rings. The van der Waals surface area contributed by atoms with Gasteiger partial charge in [0.15, 0.2) is 0 Å². The SMILES string of the molecule is Nc1nc(Oc2ccc(F)cc2)cc(=O)[nH]1. The number of nitrogens with zero attached hydrogens (tertiary/aromatic N) is 1. The van der Waals surface area contributed by atoms with Crippen LogP contribution < -0.4 is 16.0 Å². The zero-order valence-corrected chi connectivity index (χ0v) is 8.11. The molecule has 2 rings (SSSR count). The van der Waals surface area contributed by atoms with Crippen LogP contribution in [0, 0.1) is 5.82 Å². The third-order valence-corrected chi connectivity index (χ3v) is 1.77. The molecule has 0 aliphatic heterocycles. The number of rotatable bonds is 2. The van der Waals surface area contributed by atoms with E-state index in [9.17, 15) is 9.18 Å². The molecule has 0 aliphatic carbocycles. The van der Waals surface area contributed by atoms with Crippen molar-refractivity contribution in [3.8, 4) is 11.6 Å². The van der Waals surface area contributed by atoms with Crippen molar-refractivity contribution in [2.75, 3.05) is 5.73 Å². The van der Waals surface area contributed by atoms with Crippen LogP contribution in [0.15, 0.2) is 35.1 Å². The van der Waals surface area contributed by atoms with Gasteiger partial charge in [0.05, 0.1) is 6.07 Å². The highest BCUT2D eigenvalue weighted by Crippen LogP contribution is 2.18. The third-order valence-electron chi connectivity index (χ3n) is 1.77. The maximum Gasteiger partial charge on any atom is 0.256 e. The number of benzene rings is 1. The van der Waals surface area contributed by atoms with Gasteiger partial charge in [-0.3, -0.25) is 9.78 Å². The number of ether oxygens (including phenoxy) is 1. The molecule has 0 bridgehead atoms. The van der Waals surface area contributed by atoms with Crippen molar-refractivity contribution in [2.45, 2.75) is 0 Å². The molecule has 6 heteroatoms. The normalized spacial score (nSPS) is 10.1. The summed E-state index contributed by atoms with van der Waals surface area (Å²) in [5.74, 6) is 0.0297. The minimum Gasteiger partial charge on any atom is -0.439 e. The quantitative estimate of drug-likeness (QED) is 0.800. The van der Waals surface area contributed by atoms with Gasteiger partial charge >= 0.3 is 0 Å². The average Bonchev–Trinajstić information content (AvgIpc) is 2.20. The van der Waals surface area contributed by atoms with Gasteiger partial charge in [-0.25, -0.2) is 4.39 Å². The lowest BCUT2D eigenvalue weighted by atomic mass is 10.3. The van der Waals surface area contributed by atoms with Crippen LogP contribution in [0.1, 0.15) is 0 Å². The summed E-state index contributed by atoms with van der Waals surface area (Å²) in [6.07, 6.45) is 0. The van der Waals surface area contributed by atoms with Crippen LogP contribution in [0.2, 0.25) is 0 Å². The van der Waals surface area contributed by atoms with Crippen molar-refractivity contribution in [3.63, 3.8) is 0 Å². The van der Waals surface area contributed by atoms with Gasteiger partial charge in [0.1, 0.15) is 11.6 Å². The van der Waals surface area contributed by atoms with Crippen molar-refractivity contribution < 1.29 is 9.13 Å². The summed E-state index contributed by atoms with van der Waals surface area (Å²) >= 11 is 0. The summed E-state index contributed by atoms with van der Waals surface area (Å²) in [5, 5.41) is 0. The lowest BCUT2D eigenvalue weighted by molar-refractivity contribution is 0.460. The van der Waals surface area contributed by atoms with Gasteiger partial charge in [0.25, 0.3) is 5.56 Å². The van der Waals surface area contributed by atoms with Crippen LogP contribution in [0.25, 0.3) is 0 Å². The maximum absolute atomic E-state index is 12.6. The first-order valence-electron chi connectivity index (χ1n) is 4.44. The number of nitrogens with two attached hydrogens (primary N) is 1. The number of nitrogen functional groups attached to an aromatic ring is 1. The lowest BCUT2D eigenvalue weighted by Gasteiger charge is -2.04. The molecule has 0 radical (unpaired) electrons. The number of hydrogen-bond acceptors (Lipinski definition) is 4. The molecule has 0 saturated carbocycles. The van der Waals surface area contributed by atoms with Gasteiger partial charge in [-0.15, -0.1) is 0 Å². The second kappa shape index (κ2) is 4.01. The first-order valence-corrected chi connectivity index (χ1v) is 4.44. The number of H-pyrrole nitrogens is 1. The van der Waals surface area contributed by atoms with Crippen LogP contribution in [-0.4, -0.2) is 9.97 Å². The van der Waals surface area contributed by atoms with Gasteiger partial charge in [-0.1, -0.05) is 0 Å². The fraction of sp³-hybridized carbons (Fsp3) is 0. The first kappa shape index (κ1) is 10.2. The predicted molar refractivity (Wildman–Crippen MR) is 55.7 cm³/mol. The average molecular weight is 221 g/mol. The smallest absolute Gasteiger partial charge is 0.256 e. The molecule has 16 heavy (non-hydrogen) atoms. The van der Waals surface area contributed by atoms with Crippen LogP contribution in [0.5, 0.6) is 11.6 Å². The van der Waals surface area contributed by atoms with E-state index >= 15 is 0 Å². The molecule has 0 atom stereocenters. The molecule has 1 aromatic heterocycles. The summed E-state index contributed by atoms with van der Waals surface area (Å²) in [6, 6.07) is 6.49. The number of aromatic nitrogens is 2. The number of halogens is 1. The first-order chi connectivity index (χ1) is 7.63. The summed E-state index contributed by atoms with van der Waals surface area (Å²) in [7, 11) is 0. The molecule has 5 nitrogen and oxygen atoms in total. The van der Waals surface area contributed by atoms with Gasteiger partial charge < -0.3 is 10.5 Å². The Morgan fingerprint density at radius 2 is 2.00 bits per heavy atom. The van der Waals surface area contributed by atoms with Gasteiger partial charge in [0.2, 0.25) is 11.8 Å². The molecule has 0 fully saturated rings. The Bertz CT molecular complexity index is 551. The molecule has 1 heterocycles. The van der Waals surface area contributed by atoms with Crippen LogP contribution in [0.4, 0.5) is 10.3 Å². The number of aromatic amines is 1. The molecule has 3 N–H and O–H groups in total. The Morgan fingerprint density at radius 1 is 1.31 bits per heavy atom. The van der Waals surface area contributed by atoms with E-state index in [0.717, 1.165) is 6.07 Å². The van der Waals surface area contributed by atoms with E-state index in [2.05, 4.69) is 9.97 Å². The summed E-state index contributed by atoms with van der Waals surface area (Å²) in [4.78, 5) is 17.1. The number of nitrogens with one attached hydrogen (secondary N) is 1. The largest absolute Gasteiger partial charge is 0.439 e. The van der Waals surface area contributed by atoms with Gasteiger partial charge in [-0.2, -0.15) is 4.98 Å². The maximum atomic E-state index is 12.6. The second-order valence-electron chi connectivity index (χ2n) is 3.02. The molecular weight excluding hydrogens is 213 g/mol. The van der Waals surface area contributed by atoms with E-state index in [1.54, 1.807) is 0 Å². The Balaban J connectivity index is 2.26. The van der Waals surface area contributed by atoms with E-state index in [-0.39, 0.29) is 17.6 Å². The van der Waals surface area contributed by atoms with E-state index < -0.39 is 5.56 Å². The summed E-state index contributed by atoms with van der Waals surface area (Å²) in [5.41, 5.74) is 4.92. The number of anilines is 1. The lowest BCUT2D eigenvalue weighted by Crippen LogP contribution is -2.10. The van der Waals surface area contributed by atoms with Crippen molar-refractivity contribution in [3.05, 3.63) is 46.5 Å². The van der Waals surface area contributed by atoms with Crippen molar-refractivity contribution in [2.24, 2.45) is 0 Å². The topological polar surface area (TPSA) is 81.0 Å². The highest BCUT2D eigenvalue weighted by molar-refractivity contribution is 5.29. The van der Waals surface area contributed by atoms with Crippen LogP contribution >= 0.6 is 0 Å². The fourth-order valence-electron chi connectivity index (χ4n) is 1.13. The number of hydrogen-bond donors (Lipinski definition) is 2. The van der Waals surface area contributed by atoms with E-state index in [0.29, 0.717) is 5.75 Å². The summed E-state index contributed by atoms with van der Waals surface area (Å²) in [6.45, 7) is 0. The zero-order valence-electron chi connectivity index (χ0n) is 8.11. The Kier molecular flexibility index (Phi) is 2.55. The van der Waals surface area contributed by atoms with E-state index in [1.165, 1.54) is 24.3 Å². The molecular formula is C10H8FN3O2. The third kappa shape index (κ3) is 2.35. The van der Waals surface area contributed by atoms with Crippen molar-refractivity contribution >= 4 is 5.95 Å². The fourth-order valence-corrected chi connectivity index (χ4v) is 1.13. The van der Waals surface area contributed by atoms with Crippen LogP contribution in [-0.2, 0) is 0 Å². The predicted octanol–water partition coefficient (Wildman–Crippen LogP) is 1.28. The van der Waals surface area contributed by atoms with Crippen LogP contribution in [0.3, 0.4) is 0 Å². The Hall–Kier alpha value is -2.37. The van der Waals surface area contributed by atoms with E-state index in [4.69, 9.17) is 10.5 Å². The minimum absolute atomic E-state index is 0.0374. The van der Waals surface area contributed by atoms with Gasteiger partial charge in [-0.05, 0) is 24.3 Å². The highest BCUT2D eigenvalue weighted by atomic mass is 19.1. The Morgan fingerprint density at radius 3 is 2.62 bits per heavy atom. The Labute approximate surface area is 89.7 Å².